The first kappa shape index (κ1) is 25.9. The standard InChI is InChI=1S/C13H11N.C10H9N.3C2H6/c1-14-12-8-4-2-6-10(12)11-7-3-5-9-13(11)14;1-8-3-2-4-9-5-6-11-7-10(8)9;3*1-2/h2-9H,1H3;2-7H,1H3;3*1-2H3. The third-order valence-electron chi connectivity index (χ3n) is 4.72. The van der Waals surface area contributed by atoms with Gasteiger partial charge in [0.25, 0.3) is 0 Å². The van der Waals surface area contributed by atoms with Crippen LogP contribution in [0.2, 0.25) is 0 Å². The SMILES string of the molecule is CC.CC.CC.Cc1cccc2ccncc12.Cn1c2ccccc2c2ccccc21. The minimum Gasteiger partial charge on any atom is -0.344 e. The maximum absolute atomic E-state index is 4.07. The predicted octanol–water partition coefficient (Wildman–Crippen LogP) is 8.95. The van der Waals surface area contributed by atoms with Gasteiger partial charge in [-0.15, -0.1) is 0 Å². The molecule has 2 nitrogen and oxygen atoms in total. The van der Waals surface area contributed by atoms with Crippen molar-refractivity contribution >= 4 is 32.6 Å². The van der Waals surface area contributed by atoms with E-state index in [1.54, 1.807) is 0 Å². The summed E-state index contributed by atoms with van der Waals surface area (Å²) in [5.41, 5.74) is 3.89. The van der Waals surface area contributed by atoms with Crippen molar-refractivity contribution in [1.82, 2.24) is 9.55 Å². The van der Waals surface area contributed by atoms with Crippen LogP contribution in [0.5, 0.6) is 0 Å². The highest BCUT2D eigenvalue weighted by molar-refractivity contribution is 6.07. The molecule has 0 N–H and O–H groups in total. The number of pyridine rings is 1. The summed E-state index contributed by atoms with van der Waals surface area (Å²) in [6, 6.07) is 25.3. The van der Waals surface area contributed by atoms with Gasteiger partial charge in [-0.25, -0.2) is 0 Å². The highest BCUT2D eigenvalue weighted by Crippen LogP contribution is 2.27. The number of aromatic nitrogens is 2. The van der Waals surface area contributed by atoms with Crippen LogP contribution in [0.1, 0.15) is 47.1 Å². The van der Waals surface area contributed by atoms with Gasteiger partial charge in [-0.2, -0.15) is 0 Å². The average Bonchev–Trinajstić information content (AvgIpc) is 3.16. The molecule has 0 aliphatic heterocycles. The molecular formula is C29H38N2. The molecular weight excluding hydrogens is 376 g/mol. The van der Waals surface area contributed by atoms with E-state index in [-0.39, 0.29) is 0 Å². The molecule has 0 atom stereocenters. The summed E-state index contributed by atoms with van der Waals surface area (Å²) in [4.78, 5) is 4.07. The number of para-hydroxylation sites is 2. The molecule has 0 amide bonds. The van der Waals surface area contributed by atoms with Crippen LogP contribution >= 0.6 is 0 Å². The van der Waals surface area contributed by atoms with Gasteiger partial charge in [-0.3, -0.25) is 4.98 Å². The van der Waals surface area contributed by atoms with Crippen LogP contribution < -0.4 is 0 Å². The third kappa shape index (κ3) is 6.18. The number of hydrogen-bond donors (Lipinski definition) is 0. The van der Waals surface area contributed by atoms with Crippen LogP contribution in [0.25, 0.3) is 32.6 Å². The molecule has 0 unspecified atom stereocenters. The van der Waals surface area contributed by atoms with Crippen molar-refractivity contribution in [2.75, 3.05) is 0 Å². The molecule has 0 bridgehead atoms. The van der Waals surface area contributed by atoms with E-state index in [2.05, 4.69) is 90.3 Å². The molecule has 0 fully saturated rings. The average molecular weight is 415 g/mol. The summed E-state index contributed by atoms with van der Waals surface area (Å²) < 4.78 is 2.24. The van der Waals surface area contributed by atoms with Crippen LogP contribution in [-0.4, -0.2) is 9.55 Å². The Morgan fingerprint density at radius 3 is 1.61 bits per heavy atom. The van der Waals surface area contributed by atoms with Crippen LogP contribution in [0, 0.1) is 6.92 Å². The zero-order chi connectivity index (χ0) is 23.2. The Hall–Kier alpha value is -3.13. The lowest BCUT2D eigenvalue weighted by molar-refractivity contribution is 1.01. The first-order valence-electron chi connectivity index (χ1n) is 11.5. The van der Waals surface area contributed by atoms with Crippen molar-refractivity contribution in [2.24, 2.45) is 7.05 Å². The summed E-state index contributed by atoms with van der Waals surface area (Å²) in [6.07, 6.45) is 3.73. The van der Waals surface area contributed by atoms with E-state index in [0.717, 1.165) is 0 Å². The molecule has 0 aliphatic carbocycles. The molecule has 3 aromatic carbocycles. The fourth-order valence-corrected chi connectivity index (χ4v) is 3.38. The lowest BCUT2D eigenvalue weighted by Crippen LogP contribution is -1.84. The summed E-state index contributed by atoms with van der Waals surface area (Å²) in [6.45, 7) is 14.1. The summed E-state index contributed by atoms with van der Waals surface area (Å²) in [7, 11) is 2.12. The number of hydrogen-bond acceptors (Lipinski definition) is 1. The minimum absolute atomic E-state index is 1.25. The van der Waals surface area contributed by atoms with Crippen LogP contribution in [0.4, 0.5) is 0 Å². The Labute approximate surface area is 188 Å². The van der Waals surface area contributed by atoms with E-state index < -0.39 is 0 Å². The first-order chi connectivity index (χ1) is 15.3. The van der Waals surface area contributed by atoms with Crippen molar-refractivity contribution in [3.63, 3.8) is 0 Å². The van der Waals surface area contributed by atoms with Crippen molar-refractivity contribution in [3.8, 4) is 0 Å². The number of aryl methyl sites for hydroxylation is 2. The molecule has 2 heterocycles. The molecule has 0 aliphatic rings. The molecule has 0 saturated heterocycles. The van der Waals surface area contributed by atoms with Crippen LogP contribution in [0.15, 0.2) is 85.2 Å². The molecule has 0 saturated carbocycles. The van der Waals surface area contributed by atoms with E-state index in [1.807, 2.05) is 60.0 Å². The maximum Gasteiger partial charge on any atom is 0.0488 e. The van der Waals surface area contributed by atoms with Crippen LogP contribution in [0.3, 0.4) is 0 Å². The molecule has 31 heavy (non-hydrogen) atoms. The topological polar surface area (TPSA) is 17.8 Å². The second kappa shape index (κ2) is 14.0. The van der Waals surface area contributed by atoms with Gasteiger partial charge < -0.3 is 4.57 Å². The summed E-state index contributed by atoms with van der Waals surface area (Å²) in [5, 5.41) is 5.19. The summed E-state index contributed by atoms with van der Waals surface area (Å²) >= 11 is 0. The maximum atomic E-state index is 4.07. The van der Waals surface area contributed by atoms with Crippen molar-refractivity contribution < 1.29 is 0 Å². The van der Waals surface area contributed by atoms with Gasteiger partial charge >= 0.3 is 0 Å². The van der Waals surface area contributed by atoms with Gasteiger partial charge in [0, 0.05) is 46.6 Å². The molecule has 2 aromatic heterocycles. The second-order valence-electron chi connectivity index (χ2n) is 6.27. The Morgan fingerprint density at radius 2 is 1.10 bits per heavy atom. The Bertz CT molecular complexity index is 1110. The first-order valence-corrected chi connectivity index (χ1v) is 11.5. The highest BCUT2D eigenvalue weighted by Gasteiger charge is 2.04. The lowest BCUT2D eigenvalue weighted by Gasteiger charge is -1.98. The van der Waals surface area contributed by atoms with Gasteiger partial charge in [0.05, 0.1) is 0 Å². The van der Waals surface area contributed by atoms with Gasteiger partial charge in [0.15, 0.2) is 0 Å². The number of rotatable bonds is 0. The zero-order valence-corrected chi connectivity index (χ0v) is 20.5. The van der Waals surface area contributed by atoms with Crippen molar-refractivity contribution in [2.45, 2.75) is 48.5 Å². The Balaban J connectivity index is 0.000000255. The minimum atomic E-state index is 1.25. The second-order valence-corrected chi connectivity index (χ2v) is 6.27. The molecule has 164 valence electrons. The van der Waals surface area contributed by atoms with E-state index in [1.165, 1.54) is 38.1 Å². The fourth-order valence-electron chi connectivity index (χ4n) is 3.38. The van der Waals surface area contributed by atoms with Gasteiger partial charge in [0.2, 0.25) is 0 Å². The van der Waals surface area contributed by atoms with Crippen molar-refractivity contribution in [1.29, 1.82) is 0 Å². The van der Waals surface area contributed by atoms with Crippen LogP contribution in [-0.2, 0) is 7.05 Å². The summed E-state index contributed by atoms with van der Waals surface area (Å²) in [5.74, 6) is 0. The molecule has 2 heteroatoms. The molecule has 0 radical (unpaired) electrons. The molecule has 5 aromatic rings. The lowest BCUT2D eigenvalue weighted by atomic mass is 10.1. The predicted molar refractivity (Wildman–Crippen MR) is 141 cm³/mol. The normalized spacial score (nSPS) is 9.29. The van der Waals surface area contributed by atoms with E-state index in [4.69, 9.17) is 0 Å². The van der Waals surface area contributed by atoms with E-state index in [0.29, 0.717) is 0 Å². The van der Waals surface area contributed by atoms with Gasteiger partial charge in [-0.05, 0) is 36.1 Å². The fraction of sp³-hybridized carbons (Fsp3) is 0.276. The Kier molecular flexibility index (Phi) is 11.7. The Morgan fingerprint density at radius 1 is 0.581 bits per heavy atom. The number of benzene rings is 3. The molecule has 5 rings (SSSR count). The quantitative estimate of drug-likeness (QED) is 0.247. The monoisotopic (exact) mass is 414 g/mol. The smallest absolute Gasteiger partial charge is 0.0488 e. The zero-order valence-electron chi connectivity index (χ0n) is 20.5. The third-order valence-corrected chi connectivity index (χ3v) is 4.72. The molecule has 0 spiro atoms. The highest BCUT2D eigenvalue weighted by atomic mass is 14.9. The van der Waals surface area contributed by atoms with Crippen molar-refractivity contribution in [3.05, 3.63) is 90.8 Å². The van der Waals surface area contributed by atoms with Gasteiger partial charge in [0.1, 0.15) is 0 Å². The largest absolute Gasteiger partial charge is 0.344 e. The number of nitrogens with zero attached hydrogens (tertiary/aromatic N) is 2. The van der Waals surface area contributed by atoms with Gasteiger partial charge in [-0.1, -0.05) is 96.1 Å². The van der Waals surface area contributed by atoms with E-state index in [9.17, 15) is 0 Å². The number of fused-ring (bicyclic) bond motifs is 4. The van der Waals surface area contributed by atoms with E-state index >= 15 is 0 Å².